The van der Waals surface area contributed by atoms with Gasteiger partial charge < -0.3 is 10.6 Å². The molecule has 0 aromatic heterocycles. The largest absolute Gasteiger partial charge is 0.406 e. The summed E-state index contributed by atoms with van der Waals surface area (Å²) in [6.45, 7) is -1.50. The van der Waals surface area contributed by atoms with Crippen LogP contribution < -0.4 is 15.5 Å². The lowest BCUT2D eigenvalue weighted by Gasteiger charge is -2.26. The second-order valence-corrected chi connectivity index (χ2v) is 6.35. The lowest BCUT2D eigenvalue weighted by Crippen LogP contribution is -2.51. The fraction of sp³-hybridized carbons (Fsp3) is 0.471. The minimum atomic E-state index is -4.58. The number of nitrogens with zero attached hydrogens (tertiary/aromatic N) is 2. The van der Waals surface area contributed by atoms with Gasteiger partial charge in [0.15, 0.2) is 0 Å². The van der Waals surface area contributed by atoms with Gasteiger partial charge in [-0.25, -0.2) is 0 Å². The van der Waals surface area contributed by atoms with E-state index >= 15 is 0 Å². The molecule has 6 nitrogen and oxygen atoms in total. The Kier molecular flexibility index (Phi) is 4.99. The van der Waals surface area contributed by atoms with Crippen molar-refractivity contribution in [2.75, 3.05) is 25.0 Å². The number of halogens is 3. The molecule has 1 unspecified atom stereocenters. The zero-order chi connectivity index (χ0) is 18.9. The monoisotopic (exact) mass is 368 g/mol. The average Bonchev–Trinajstić information content (AvgIpc) is 3.40. The second kappa shape index (κ2) is 7.06. The van der Waals surface area contributed by atoms with Gasteiger partial charge in [0.05, 0.1) is 17.9 Å². The number of amides is 2. The number of likely N-dealkylation sites (N-methyl/N-ethyl adjacent to an activating group) is 1. The van der Waals surface area contributed by atoms with Gasteiger partial charge in [0.1, 0.15) is 6.54 Å². The molecule has 2 N–H and O–H groups in total. The Morgan fingerprint density at radius 3 is 2.62 bits per heavy atom. The Morgan fingerprint density at radius 1 is 1.31 bits per heavy atom. The highest BCUT2D eigenvalue weighted by Crippen LogP contribution is 2.38. The van der Waals surface area contributed by atoms with E-state index in [0.717, 1.165) is 12.8 Å². The molecule has 26 heavy (non-hydrogen) atoms. The number of benzodiazepines with no additional fused rings is 1. The number of hydrogen-bond donors (Lipinski definition) is 2. The predicted molar refractivity (Wildman–Crippen MR) is 90.0 cm³/mol. The molecule has 1 fully saturated rings. The molecule has 1 saturated carbocycles. The van der Waals surface area contributed by atoms with Crippen LogP contribution in [0, 0.1) is 5.92 Å². The summed E-state index contributed by atoms with van der Waals surface area (Å²) in [5, 5.41) is 5.06. The van der Waals surface area contributed by atoms with Gasteiger partial charge in [0, 0.05) is 11.5 Å². The molecule has 2 aliphatic rings. The van der Waals surface area contributed by atoms with E-state index < -0.39 is 30.7 Å². The van der Waals surface area contributed by atoms with E-state index in [9.17, 15) is 22.8 Å². The molecule has 0 saturated heterocycles. The van der Waals surface area contributed by atoms with Crippen LogP contribution in [0.5, 0.6) is 0 Å². The molecule has 1 aliphatic heterocycles. The van der Waals surface area contributed by atoms with Gasteiger partial charge in [0.25, 0.3) is 5.91 Å². The molecule has 0 bridgehead atoms. The number of para-hydroxylation sites is 1. The van der Waals surface area contributed by atoms with Crippen molar-refractivity contribution in [1.29, 1.82) is 0 Å². The minimum absolute atomic E-state index is 0.0652. The molecule has 1 aromatic carbocycles. The summed E-state index contributed by atoms with van der Waals surface area (Å²) >= 11 is 0. The fourth-order valence-corrected chi connectivity index (χ4v) is 2.94. The van der Waals surface area contributed by atoms with Gasteiger partial charge in [-0.05, 0) is 26.0 Å². The highest BCUT2D eigenvalue weighted by atomic mass is 19.4. The Hall–Kier alpha value is -2.42. The van der Waals surface area contributed by atoms with E-state index in [0.29, 0.717) is 16.2 Å². The summed E-state index contributed by atoms with van der Waals surface area (Å²) < 4.78 is 39.3. The first-order valence-corrected chi connectivity index (χ1v) is 8.29. The number of hydrogen-bond acceptors (Lipinski definition) is 4. The van der Waals surface area contributed by atoms with Crippen molar-refractivity contribution < 1.29 is 22.8 Å². The Bertz CT molecular complexity index is 744. The molecular weight excluding hydrogens is 349 g/mol. The molecule has 1 heterocycles. The summed E-state index contributed by atoms with van der Waals surface area (Å²) in [6.07, 6.45) is -4.23. The predicted octanol–water partition coefficient (Wildman–Crippen LogP) is 1.46. The maximum Gasteiger partial charge on any atom is 0.406 e. The van der Waals surface area contributed by atoms with Crippen LogP contribution in [0.15, 0.2) is 29.3 Å². The van der Waals surface area contributed by atoms with E-state index in [1.54, 1.807) is 25.2 Å². The van der Waals surface area contributed by atoms with Crippen LogP contribution in [0.4, 0.5) is 18.9 Å². The maximum absolute atomic E-state index is 13.1. The van der Waals surface area contributed by atoms with Gasteiger partial charge >= 0.3 is 6.18 Å². The molecule has 0 radical (unpaired) electrons. The van der Waals surface area contributed by atoms with Crippen molar-refractivity contribution in [3.05, 3.63) is 29.8 Å². The van der Waals surface area contributed by atoms with Crippen molar-refractivity contribution in [2.45, 2.75) is 25.2 Å². The number of alkyl halides is 3. The molecule has 0 spiro atoms. The van der Waals surface area contributed by atoms with Crippen LogP contribution in [0.3, 0.4) is 0 Å². The zero-order valence-corrected chi connectivity index (χ0v) is 14.1. The number of aliphatic imine (C=N–C) groups is 1. The van der Waals surface area contributed by atoms with Gasteiger partial charge in [0.2, 0.25) is 12.1 Å². The van der Waals surface area contributed by atoms with Crippen LogP contribution in [0.25, 0.3) is 0 Å². The third-order valence-electron chi connectivity index (χ3n) is 4.18. The molecule has 1 aromatic rings. The molecule has 2 amide bonds. The molecule has 1 aliphatic carbocycles. The number of carbonyl (C=O) groups is 2. The van der Waals surface area contributed by atoms with E-state index in [2.05, 4.69) is 15.6 Å². The van der Waals surface area contributed by atoms with E-state index in [4.69, 9.17) is 0 Å². The quantitative estimate of drug-likeness (QED) is 0.826. The Balaban J connectivity index is 2.03. The zero-order valence-electron chi connectivity index (χ0n) is 14.1. The number of carbonyl (C=O) groups excluding carboxylic acids is 2. The summed E-state index contributed by atoms with van der Waals surface area (Å²) in [4.78, 5) is 29.7. The van der Waals surface area contributed by atoms with Crippen LogP contribution in [-0.4, -0.2) is 50.0 Å². The van der Waals surface area contributed by atoms with Crippen molar-refractivity contribution >= 4 is 23.2 Å². The van der Waals surface area contributed by atoms with Crippen LogP contribution in [0.1, 0.15) is 18.4 Å². The molecule has 3 rings (SSSR count). The topological polar surface area (TPSA) is 73.8 Å². The van der Waals surface area contributed by atoms with E-state index in [-0.39, 0.29) is 18.2 Å². The molecule has 1 atom stereocenters. The SMILES string of the molecule is CNCC(=O)NC1N=C(C2CC2)c2ccccc2N(CC(F)(F)F)C1=O. The highest BCUT2D eigenvalue weighted by molar-refractivity contribution is 6.14. The first kappa shape index (κ1) is 18.4. The van der Waals surface area contributed by atoms with Gasteiger partial charge in [-0.3, -0.25) is 19.5 Å². The lowest BCUT2D eigenvalue weighted by atomic mass is 10.0. The molecule has 140 valence electrons. The summed E-state index contributed by atoms with van der Waals surface area (Å²) in [7, 11) is 1.55. The number of anilines is 1. The van der Waals surface area contributed by atoms with Crippen LogP contribution in [-0.2, 0) is 9.59 Å². The fourth-order valence-electron chi connectivity index (χ4n) is 2.94. The van der Waals surface area contributed by atoms with Crippen molar-refractivity contribution in [3.63, 3.8) is 0 Å². The van der Waals surface area contributed by atoms with Crippen molar-refractivity contribution in [1.82, 2.24) is 10.6 Å². The maximum atomic E-state index is 13.1. The molecular formula is C17H19F3N4O2. The van der Waals surface area contributed by atoms with Gasteiger partial charge in [-0.2, -0.15) is 13.2 Å². The number of fused-ring (bicyclic) bond motifs is 1. The number of benzene rings is 1. The third kappa shape index (κ3) is 4.04. The summed E-state index contributed by atoms with van der Waals surface area (Å²) in [6, 6.07) is 6.43. The first-order chi connectivity index (χ1) is 12.3. The number of rotatable bonds is 5. The summed E-state index contributed by atoms with van der Waals surface area (Å²) in [5.74, 6) is -1.31. The van der Waals surface area contributed by atoms with E-state index in [1.165, 1.54) is 6.07 Å². The third-order valence-corrected chi connectivity index (χ3v) is 4.18. The van der Waals surface area contributed by atoms with Crippen molar-refractivity contribution in [2.24, 2.45) is 10.9 Å². The van der Waals surface area contributed by atoms with Gasteiger partial charge in [-0.15, -0.1) is 0 Å². The average molecular weight is 368 g/mol. The smallest absolute Gasteiger partial charge is 0.325 e. The summed E-state index contributed by atoms with van der Waals surface area (Å²) in [5.41, 5.74) is 1.26. The van der Waals surface area contributed by atoms with Crippen LogP contribution >= 0.6 is 0 Å². The van der Waals surface area contributed by atoms with Gasteiger partial charge in [-0.1, -0.05) is 18.2 Å². The Labute approximate surface area is 148 Å². The van der Waals surface area contributed by atoms with E-state index in [1.807, 2.05) is 0 Å². The molecule has 9 heteroatoms. The highest BCUT2D eigenvalue weighted by Gasteiger charge is 2.41. The number of nitrogens with one attached hydrogen (secondary N) is 2. The first-order valence-electron chi connectivity index (χ1n) is 8.29. The minimum Gasteiger partial charge on any atom is -0.325 e. The Morgan fingerprint density at radius 2 is 2.00 bits per heavy atom. The lowest BCUT2D eigenvalue weighted by molar-refractivity contribution is -0.134. The van der Waals surface area contributed by atoms with Crippen molar-refractivity contribution in [3.8, 4) is 0 Å². The normalized spacial score (nSPS) is 20.3. The standard InChI is InChI=1S/C17H19F3N4O2/c1-21-8-13(25)22-15-16(26)24(9-17(18,19)20)12-5-3-2-4-11(12)14(23-15)10-6-7-10/h2-5,10,15,21H,6-9H2,1H3,(H,22,25). The second-order valence-electron chi connectivity index (χ2n) is 6.35. The van der Waals surface area contributed by atoms with Crippen LogP contribution in [0.2, 0.25) is 0 Å².